The largest absolute Gasteiger partial charge is 0.504 e. The maximum atomic E-state index is 11.8. The van der Waals surface area contributed by atoms with E-state index in [0.717, 1.165) is 22.9 Å². The molecule has 0 aliphatic heterocycles. The normalized spacial score (nSPS) is 10.4. The molecule has 0 fully saturated rings. The molecule has 5 heteroatoms. The monoisotopic (exact) mass is 392 g/mol. The second-order valence-corrected chi connectivity index (χ2v) is 6.37. The van der Waals surface area contributed by atoms with E-state index in [1.54, 1.807) is 12.1 Å². The van der Waals surface area contributed by atoms with Crippen molar-refractivity contribution in [1.29, 1.82) is 0 Å². The number of aromatic hydroxyl groups is 1. The van der Waals surface area contributed by atoms with Crippen LogP contribution in [0.15, 0.2) is 46.9 Å². The second kappa shape index (κ2) is 9.33. The minimum absolute atomic E-state index is 0.0814. The van der Waals surface area contributed by atoms with Gasteiger partial charge in [-0.2, -0.15) is 0 Å². The van der Waals surface area contributed by atoms with Crippen molar-refractivity contribution in [1.82, 2.24) is 0 Å². The van der Waals surface area contributed by atoms with Crippen LogP contribution in [0.25, 0.3) is 0 Å². The quantitative estimate of drug-likeness (QED) is 0.538. The Balaban J connectivity index is 1.66. The van der Waals surface area contributed by atoms with E-state index >= 15 is 0 Å². The van der Waals surface area contributed by atoms with Gasteiger partial charge in [-0.05, 0) is 54.7 Å². The molecule has 0 heterocycles. The highest BCUT2D eigenvalue weighted by Crippen LogP contribution is 2.26. The lowest BCUT2D eigenvalue weighted by Crippen LogP contribution is -2.07. The van der Waals surface area contributed by atoms with Gasteiger partial charge in [0.25, 0.3) is 0 Å². The van der Waals surface area contributed by atoms with Gasteiger partial charge in [0.05, 0.1) is 13.7 Å². The van der Waals surface area contributed by atoms with Crippen LogP contribution in [0.2, 0.25) is 0 Å². The molecule has 2 aromatic rings. The number of hydrogen-bond donors (Lipinski definition) is 1. The lowest BCUT2D eigenvalue weighted by molar-refractivity contribution is -0.143. The number of phenolic OH excluding ortho intramolecular Hbond substituents is 1. The summed E-state index contributed by atoms with van der Waals surface area (Å²) in [6, 6.07) is 13.3. The van der Waals surface area contributed by atoms with Crippen LogP contribution in [0, 0.1) is 0 Å². The summed E-state index contributed by atoms with van der Waals surface area (Å²) < 4.78 is 11.3. The SMILES string of the molecule is COc1ccc(CCC(=O)OCCCc2ccc(Br)cc2)cc1O. The summed E-state index contributed by atoms with van der Waals surface area (Å²) in [5.74, 6) is 0.285. The molecular formula is C19H21BrO4. The topological polar surface area (TPSA) is 55.8 Å². The third-order valence-electron chi connectivity index (χ3n) is 3.65. The van der Waals surface area contributed by atoms with Crippen molar-refractivity contribution in [3.63, 3.8) is 0 Å². The molecule has 0 aromatic heterocycles. The first-order valence-electron chi connectivity index (χ1n) is 7.84. The molecule has 0 aliphatic rings. The van der Waals surface area contributed by atoms with Gasteiger partial charge in [-0.3, -0.25) is 4.79 Å². The minimum atomic E-state index is -0.221. The molecular weight excluding hydrogens is 372 g/mol. The van der Waals surface area contributed by atoms with Crippen LogP contribution in [0.4, 0.5) is 0 Å². The number of hydrogen-bond acceptors (Lipinski definition) is 4. The van der Waals surface area contributed by atoms with Gasteiger partial charge >= 0.3 is 5.97 Å². The second-order valence-electron chi connectivity index (χ2n) is 5.46. The third-order valence-corrected chi connectivity index (χ3v) is 4.18. The molecule has 2 aromatic carbocycles. The van der Waals surface area contributed by atoms with Gasteiger partial charge in [-0.25, -0.2) is 0 Å². The Morgan fingerprint density at radius 3 is 2.46 bits per heavy atom. The van der Waals surface area contributed by atoms with Gasteiger partial charge in [0.15, 0.2) is 11.5 Å². The summed E-state index contributed by atoms with van der Waals surface area (Å²) in [5.41, 5.74) is 2.10. The minimum Gasteiger partial charge on any atom is -0.504 e. The fourth-order valence-corrected chi connectivity index (χ4v) is 2.59. The Morgan fingerprint density at radius 2 is 1.79 bits per heavy atom. The Hall–Kier alpha value is -2.01. The van der Waals surface area contributed by atoms with Crippen LogP contribution in [-0.2, 0) is 22.4 Å². The number of methoxy groups -OCH3 is 1. The average molecular weight is 393 g/mol. The summed E-state index contributed by atoms with van der Waals surface area (Å²) >= 11 is 3.40. The van der Waals surface area contributed by atoms with Crippen LogP contribution in [-0.4, -0.2) is 24.8 Å². The summed E-state index contributed by atoms with van der Waals surface area (Å²) in [6.45, 7) is 0.419. The smallest absolute Gasteiger partial charge is 0.306 e. The predicted octanol–water partition coefficient (Wildman–Crippen LogP) is 4.27. The van der Waals surface area contributed by atoms with Gasteiger partial charge in [0.1, 0.15) is 0 Å². The molecule has 0 spiro atoms. The van der Waals surface area contributed by atoms with Gasteiger partial charge in [-0.15, -0.1) is 0 Å². The number of esters is 1. The van der Waals surface area contributed by atoms with Crippen molar-refractivity contribution in [2.24, 2.45) is 0 Å². The molecule has 0 amide bonds. The number of phenols is 1. The maximum Gasteiger partial charge on any atom is 0.306 e. The molecule has 0 aliphatic carbocycles. The first-order chi connectivity index (χ1) is 11.6. The van der Waals surface area contributed by atoms with Crippen LogP contribution < -0.4 is 4.74 Å². The number of carbonyl (C=O) groups excluding carboxylic acids is 1. The lowest BCUT2D eigenvalue weighted by Gasteiger charge is -2.07. The van der Waals surface area contributed by atoms with E-state index in [2.05, 4.69) is 28.1 Å². The third kappa shape index (κ3) is 5.89. The first kappa shape index (κ1) is 18.3. The van der Waals surface area contributed by atoms with E-state index in [0.29, 0.717) is 25.2 Å². The van der Waals surface area contributed by atoms with E-state index in [1.165, 1.54) is 12.7 Å². The molecule has 0 atom stereocenters. The number of rotatable bonds is 8. The lowest BCUT2D eigenvalue weighted by atomic mass is 10.1. The van der Waals surface area contributed by atoms with E-state index in [1.807, 2.05) is 18.2 Å². The zero-order valence-electron chi connectivity index (χ0n) is 13.6. The van der Waals surface area contributed by atoms with Crippen molar-refractivity contribution >= 4 is 21.9 Å². The summed E-state index contributed by atoms with van der Waals surface area (Å²) in [7, 11) is 1.50. The van der Waals surface area contributed by atoms with Crippen LogP contribution in [0.5, 0.6) is 11.5 Å². The Kier molecular flexibility index (Phi) is 7.12. The molecule has 2 rings (SSSR count). The highest BCUT2D eigenvalue weighted by Gasteiger charge is 2.07. The molecule has 4 nitrogen and oxygen atoms in total. The van der Waals surface area contributed by atoms with E-state index < -0.39 is 0 Å². The van der Waals surface area contributed by atoms with Gasteiger partial charge in [0, 0.05) is 10.9 Å². The number of aryl methyl sites for hydroxylation is 2. The molecule has 0 saturated carbocycles. The molecule has 0 radical (unpaired) electrons. The predicted molar refractivity (Wildman–Crippen MR) is 96.4 cm³/mol. The van der Waals surface area contributed by atoms with E-state index in [4.69, 9.17) is 9.47 Å². The van der Waals surface area contributed by atoms with Crippen LogP contribution in [0.1, 0.15) is 24.0 Å². The van der Waals surface area contributed by atoms with Gasteiger partial charge < -0.3 is 14.6 Å². The number of carbonyl (C=O) groups is 1. The van der Waals surface area contributed by atoms with Crippen LogP contribution in [0.3, 0.4) is 0 Å². The van der Waals surface area contributed by atoms with Crippen LogP contribution >= 0.6 is 15.9 Å². The highest BCUT2D eigenvalue weighted by atomic mass is 79.9. The average Bonchev–Trinajstić information content (AvgIpc) is 2.58. The van der Waals surface area contributed by atoms with Crippen molar-refractivity contribution in [3.8, 4) is 11.5 Å². The zero-order valence-corrected chi connectivity index (χ0v) is 15.2. The Labute approximate surface area is 150 Å². The van der Waals surface area contributed by atoms with Crippen molar-refractivity contribution < 1.29 is 19.4 Å². The fourth-order valence-electron chi connectivity index (χ4n) is 2.32. The molecule has 0 saturated heterocycles. The standard InChI is InChI=1S/C19H21BrO4/c1-23-18-10-6-15(13-17(18)21)7-11-19(22)24-12-2-3-14-4-8-16(20)9-5-14/h4-6,8-10,13,21H,2-3,7,11-12H2,1H3. The van der Waals surface area contributed by atoms with Crippen molar-refractivity contribution in [2.45, 2.75) is 25.7 Å². The van der Waals surface area contributed by atoms with E-state index in [-0.39, 0.29) is 11.7 Å². The summed E-state index contributed by atoms with van der Waals surface area (Å²) in [4.78, 5) is 11.8. The van der Waals surface area contributed by atoms with Gasteiger partial charge in [0.2, 0.25) is 0 Å². The Bertz CT molecular complexity index is 668. The number of halogens is 1. The molecule has 0 unspecified atom stereocenters. The molecule has 128 valence electrons. The zero-order chi connectivity index (χ0) is 17.4. The fraction of sp³-hybridized carbons (Fsp3) is 0.316. The van der Waals surface area contributed by atoms with Crippen molar-refractivity contribution in [3.05, 3.63) is 58.1 Å². The number of ether oxygens (including phenoxy) is 2. The first-order valence-corrected chi connectivity index (χ1v) is 8.63. The molecule has 1 N–H and O–H groups in total. The van der Waals surface area contributed by atoms with E-state index in [9.17, 15) is 9.90 Å². The molecule has 24 heavy (non-hydrogen) atoms. The Morgan fingerprint density at radius 1 is 1.08 bits per heavy atom. The summed E-state index contributed by atoms with van der Waals surface area (Å²) in [6.07, 6.45) is 2.51. The van der Waals surface area contributed by atoms with Gasteiger partial charge in [-0.1, -0.05) is 34.1 Å². The summed E-state index contributed by atoms with van der Waals surface area (Å²) in [5, 5.41) is 9.71. The van der Waals surface area contributed by atoms with Crippen molar-refractivity contribution in [2.75, 3.05) is 13.7 Å². The maximum absolute atomic E-state index is 11.8. The number of benzene rings is 2. The molecule has 0 bridgehead atoms. The highest BCUT2D eigenvalue weighted by molar-refractivity contribution is 9.10.